The number of hydrogen-bond acceptors (Lipinski definition) is 2. The van der Waals surface area contributed by atoms with Gasteiger partial charge in [-0.2, -0.15) is 0 Å². The minimum absolute atomic E-state index is 0.346. The van der Waals surface area contributed by atoms with Gasteiger partial charge in [-0.25, -0.2) is 0 Å². The molecule has 0 unspecified atom stereocenters. The Morgan fingerprint density at radius 2 is 1.88 bits per heavy atom. The maximum absolute atomic E-state index is 4.12. The smallest absolute Gasteiger partial charge is 0.0463 e. The van der Waals surface area contributed by atoms with Gasteiger partial charge in [0.05, 0.1) is 0 Å². The maximum Gasteiger partial charge on any atom is 0.0463 e. The van der Waals surface area contributed by atoms with Gasteiger partial charge < -0.3 is 10.6 Å². The van der Waals surface area contributed by atoms with Crippen molar-refractivity contribution in [1.82, 2.24) is 10.6 Å². The Morgan fingerprint density at radius 1 is 1.24 bits per heavy atom. The van der Waals surface area contributed by atoms with Crippen LogP contribution in [-0.4, -0.2) is 13.1 Å². The molecule has 0 radical (unpaired) electrons. The third-order valence-electron chi connectivity index (χ3n) is 2.84. The molecule has 0 heterocycles. The van der Waals surface area contributed by atoms with Crippen LogP contribution in [0.5, 0.6) is 0 Å². The molecule has 17 heavy (non-hydrogen) atoms. The van der Waals surface area contributed by atoms with Crippen molar-refractivity contribution in [2.75, 3.05) is 7.05 Å². The molecule has 2 nitrogen and oxygen atoms in total. The van der Waals surface area contributed by atoms with Crippen LogP contribution in [0.2, 0.25) is 0 Å². The van der Waals surface area contributed by atoms with Gasteiger partial charge in [0.2, 0.25) is 0 Å². The van der Waals surface area contributed by atoms with E-state index in [1.165, 1.54) is 5.56 Å². The van der Waals surface area contributed by atoms with Gasteiger partial charge in [-0.05, 0) is 24.9 Å². The Hall–Kier alpha value is -1.28. The molecule has 1 atom stereocenters. The Balaban J connectivity index is 2.42. The van der Waals surface area contributed by atoms with Crippen LogP contribution >= 0.6 is 0 Å². The minimum atomic E-state index is 0.346. The zero-order chi connectivity index (χ0) is 12.7. The molecule has 0 saturated carbocycles. The Kier molecular flexibility index (Phi) is 5.78. The molecule has 0 amide bonds. The highest BCUT2D eigenvalue weighted by Gasteiger charge is 2.11. The molecule has 0 spiro atoms. The second-order valence-corrected chi connectivity index (χ2v) is 4.84. The van der Waals surface area contributed by atoms with Crippen molar-refractivity contribution >= 4 is 0 Å². The van der Waals surface area contributed by atoms with Crippen LogP contribution in [0.3, 0.4) is 0 Å². The zero-order valence-corrected chi connectivity index (χ0v) is 11.2. The highest BCUT2D eigenvalue weighted by Crippen LogP contribution is 2.10. The highest BCUT2D eigenvalue weighted by molar-refractivity contribution is 5.16. The van der Waals surface area contributed by atoms with Gasteiger partial charge in [0.1, 0.15) is 0 Å². The van der Waals surface area contributed by atoms with Crippen LogP contribution in [-0.2, 0) is 6.54 Å². The summed E-state index contributed by atoms with van der Waals surface area (Å²) in [5.74, 6) is 0.669. The van der Waals surface area contributed by atoms with Crippen molar-refractivity contribution in [1.29, 1.82) is 0 Å². The summed E-state index contributed by atoms with van der Waals surface area (Å²) >= 11 is 0. The van der Waals surface area contributed by atoms with Crippen LogP contribution < -0.4 is 10.6 Å². The van der Waals surface area contributed by atoms with Crippen molar-refractivity contribution in [2.24, 2.45) is 5.92 Å². The molecule has 0 aliphatic rings. The van der Waals surface area contributed by atoms with Gasteiger partial charge in [0.15, 0.2) is 0 Å². The van der Waals surface area contributed by atoms with Crippen molar-refractivity contribution in [3.63, 3.8) is 0 Å². The molecular weight excluding hydrogens is 208 g/mol. The molecule has 0 aromatic heterocycles. The Morgan fingerprint density at radius 3 is 2.41 bits per heavy atom. The van der Waals surface area contributed by atoms with Gasteiger partial charge in [-0.1, -0.05) is 50.8 Å². The van der Waals surface area contributed by atoms with Crippen molar-refractivity contribution in [2.45, 2.75) is 32.9 Å². The van der Waals surface area contributed by atoms with Gasteiger partial charge in [-0.15, -0.1) is 0 Å². The topological polar surface area (TPSA) is 24.1 Å². The second-order valence-electron chi connectivity index (χ2n) is 4.84. The summed E-state index contributed by atoms with van der Waals surface area (Å²) in [6, 6.07) is 10.7. The molecule has 0 aliphatic carbocycles. The van der Waals surface area contributed by atoms with E-state index in [-0.39, 0.29) is 0 Å². The lowest BCUT2D eigenvalue weighted by molar-refractivity contribution is 0.465. The first-order chi connectivity index (χ1) is 8.13. The first kappa shape index (κ1) is 13.8. The first-order valence-corrected chi connectivity index (χ1v) is 6.27. The molecule has 2 heteroatoms. The van der Waals surface area contributed by atoms with Crippen LogP contribution in [0.15, 0.2) is 42.6 Å². The van der Waals surface area contributed by atoms with Gasteiger partial charge in [0.25, 0.3) is 0 Å². The minimum Gasteiger partial charge on any atom is -0.383 e. The monoisotopic (exact) mass is 232 g/mol. The van der Waals surface area contributed by atoms with Crippen molar-refractivity contribution in [3.8, 4) is 0 Å². The lowest BCUT2D eigenvalue weighted by Crippen LogP contribution is -2.34. The van der Waals surface area contributed by atoms with Gasteiger partial charge in [0, 0.05) is 18.3 Å². The number of likely N-dealkylation sites (N-methyl/N-ethyl adjacent to an activating group) is 1. The summed E-state index contributed by atoms with van der Waals surface area (Å²) in [6.07, 6.45) is 1.11. The first-order valence-electron chi connectivity index (χ1n) is 6.27. The third kappa shape index (κ3) is 5.05. The van der Waals surface area contributed by atoms with E-state index in [0.717, 1.165) is 18.7 Å². The zero-order valence-electron chi connectivity index (χ0n) is 11.2. The molecule has 0 bridgehead atoms. The average molecular weight is 232 g/mol. The van der Waals surface area contributed by atoms with Crippen LogP contribution in [0.1, 0.15) is 25.8 Å². The van der Waals surface area contributed by atoms with E-state index in [1.807, 2.05) is 13.1 Å². The van der Waals surface area contributed by atoms with Crippen LogP contribution in [0.4, 0.5) is 0 Å². The number of rotatable bonds is 7. The molecule has 0 aliphatic heterocycles. The quantitative estimate of drug-likeness (QED) is 0.755. The van der Waals surface area contributed by atoms with Crippen LogP contribution in [0.25, 0.3) is 0 Å². The fourth-order valence-corrected chi connectivity index (χ4v) is 1.84. The summed E-state index contributed by atoms with van der Waals surface area (Å²) in [5.41, 5.74) is 2.36. The summed E-state index contributed by atoms with van der Waals surface area (Å²) in [6.45, 7) is 9.43. The van der Waals surface area contributed by atoms with E-state index in [0.29, 0.717) is 12.0 Å². The number of hydrogen-bond donors (Lipinski definition) is 2. The predicted molar refractivity (Wildman–Crippen MR) is 74.7 cm³/mol. The van der Waals surface area contributed by atoms with Crippen molar-refractivity contribution in [3.05, 3.63) is 48.2 Å². The highest BCUT2D eigenvalue weighted by atomic mass is 15.0. The summed E-state index contributed by atoms with van der Waals surface area (Å²) in [5, 5.41) is 6.71. The van der Waals surface area contributed by atoms with E-state index < -0.39 is 0 Å². The molecular formula is C15H24N2. The van der Waals surface area contributed by atoms with E-state index in [2.05, 4.69) is 55.3 Å². The Bertz CT molecular complexity index is 330. The van der Waals surface area contributed by atoms with Crippen LogP contribution in [0, 0.1) is 5.92 Å². The second kappa shape index (κ2) is 7.13. The lowest BCUT2D eigenvalue weighted by Gasteiger charge is -2.22. The third-order valence-corrected chi connectivity index (χ3v) is 2.84. The number of nitrogens with one attached hydrogen (secondary N) is 2. The van der Waals surface area contributed by atoms with E-state index >= 15 is 0 Å². The van der Waals surface area contributed by atoms with E-state index in [1.54, 1.807) is 0 Å². The SMILES string of the molecule is C=C(NCc1ccccc1)[C@H](CC(C)C)NC. The normalized spacial score (nSPS) is 12.5. The largest absolute Gasteiger partial charge is 0.383 e. The summed E-state index contributed by atoms with van der Waals surface area (Å²) in [4.78, 5) is 0. The molecule has 0 saturated heterocycles. The molecule has 1 aromatic rings. The average Bonchev–Trinajstić information content (AvgIpc) is 2.34. The lowest BCUT2D eigenvalue weighted by atomic mass is 10.0. The standard InChI is InChI=1S/C15H24N2/c1-12(2)10-15(16-4)13(3)17-11-14-8-6-5-7-9-14/h5-9,12,15-17H,3,10-11H2,1-2,4H3/t15-/m0/s1. The van der Waals surface area contributed by atoms with Gasteiger partial charge in [-0.3, -0.25) is 0 Å². The molecule has 0 fully saturated rings. The molecule has 2 N–H and O–H groups in total. The van der Waals surface area contributed by atoms with Gasteiger partial charge >= 0.3 is 0 Å². The molecule has 94 valence electrons. The number of benzene rings is 1. The maximum atomic E-state index is 4.12. The molecule has 1 aromatic carbocycles. The van der Waals surface area contributed by atoms with Crippen molar-refractivity contribution < 1.29 is 0 Å². The summed E-state index contributed by atoms with van der Waals surface area (Å²) < 4.78 is 0. The Labute approximate surface area is 105 Å². The van der Waals surface area contributed by atoms with E-state index in [9.17, 15) is 0 Å². The predicted octanol–water partition coefficient (Wildman–Crippen LogP) is 2.92. The molecule has 1 rings (SSSR count). The summed E-state index contributed by atoms with van der Waals surface area (Å²) in [7, 11) is 1.99. The fourth-order valence-electron chi connectivity index (χ4n) is 1.84. The fraction of sp³-hybridized carbons (Fsp3) is 0.467. The van der Waals surface area contributed by atoms with E-state index in [4.69, 9.17) is 0 Å².